The van der Waals surface area contributed by atoms with Gasteiger partial charge >= 0.3 is 0 Å². The van der Waals surface area contributed by atoms with Crippen LogP contribution in [0.25, 0.3) is 0 Å². The second-order valence-corrected chi connectivity index (χ2v) is 5.70. The first-order chi connectivity index (χ1) is 8.15. The summed E-state index contributed by atoms with van der Waals surface area (Å²) in [5, 5.41) is 12.7. The van der Waals surface area contributed by atoms with Crippen LogP contribution < -0.4 is 5.32 Å². The topological polar surface area (TPSA) is 35.8 Å². The van der Waals surface area contributed by atoms with Crippen molar-refractivity contribution in [1.82, 2.24) is 5.32 Å². The Hall–Kier alpha value is -1.33. The van der Waals surface area contributed by atoms with Crippen molar-refractivity contribution in [1.29, 1.82) is 5.26 Å². The number of piperidine rings is 1. The summed E-state index contributed by atoms with van der Waals surface area (Å²) in [5.41, 5.74) is 3.90. The van der Waals surface area contributed by atoms with Crippen LogP contribution in [-0.2, 0) is 11.8 Å². The molecule has 1 aliphatic carbocycles. The highest BCUT2D eigenvalue weighted by Crippen LogP contribution is 2.45. The lowest BCUT2D eigenvalue weighted by atomic mass is 9.59. The van der Waals surface area contributed by atoms with Gasteiger partial charge in [-0.2, -0.15) is 5.26 Å². The lowest BCUT2D eigenvalue weighted by molar-refractivity contribution is 0.158. The van der Waals surface area contributed by atoms with Gasteiger partial charge in [-0.1, -0.05) is 19.9 Å². The second-order valence-electron chi connectivity index (χ2n) is 5.70. The molecule has 0 radical (unpaired) electrons. The van der Waals surface area contributed by atoms with E-state index in [9.17, 15) is 0 Å². The molecule has 1 saturated heterocycles. The molecule has 2 heteroatoms. The lowest BCUT2D eigenvalue weighted by Gasteiger charge is -2.50. The van der Waals surface area contributed by atoms with Gasteiger partial charge in [0.05, 0.1) is 11.6 Å². The Morgan fingerprint density at radius 3 is 3.06 bits per heavy atom. The van der Waals surface area contributed by atoms with Crippen LogP contribution in [0.4, 0.5) is 0 Å². The second kappa shape index (κ2) is 3.58. The largest absolute Gasteiger partial charge is 0.313 e. The van der Waals surface area contributed by atoms with E-state index in [1.165, 1.54) is 17.5 Å². The van der Waals surface area contributed by atoms with Gasteiger partial charge in [-0.15, -0.1) is 0 Å². The van der Waals surface area contributed by atoms with Crippen molar-refractivity contribution in [3.63, 3.8) is 0 Å². The number of rotatable bonds is 0. The van der Waals surface area contributed by atoms with Crippen molar-refractivity contribution in [2.75, 3.05) is 6.54 Å². The standard InChI is InChI=1S/C15H18N2/c1-10-14-8-12-4-3-11(9-16)7-13(12)15(10,2)5-6-17-14/h3-4,7,10,14,17H,5-6,8H2,1-2H3. The van der Waals surface area contributed by atoms with Crippen molar-refractivity contribution in [3.8, 4) is 6.07 Å². The summed E-state index contributed by atoms with van der Waals surface area (Å²) in [6, 6.07) is 9.09. The predicted molar refractivity (Wildman–Crippen MR) is 67.8 cm³/mol. The molecule has 0 spiro atoms. The molecule has 3 rings (SSSR count). The third-order valence-electron chi connectivity index (χ3n) is 4.95. The SMILES string of the molecule is CC1C2Cc3ccc(C#N)cc3C1(C)CCN2. The van der Waals surface area contributed by atoms with Crippen molar-refractivity contribution in [2.45, 2.75) is 38.1 Å². The fraction of sp³-hybridized carbons (Fsp3) is 0.533. The van der Waals surface area contributed by atoms with Gasteiger partial charge in [0.2, 0.25) is 0 Å². The molecule has 3 atom stereocenters. The van der Waals surface area contributed by atoms with Crippen molar-refractivity contribution >= 4 is 0 Å². The Kier molecular flexibility index (Phi) is 2.27. The van der Waals surface area contributed by atoms with Crippen molar-refractivity contribution in [3.05, 3.63) is 34.9 Å². The van der Waals surface area contributed by atoms with E-state index >= 15 is 0 Å². The van der Waals surface area contributed by atoms with Crippen LogP contribution in [0.3, 0.4) is 0 Å². The fourth-order valence-electron chi connectivity index (χ4n) is 3.59. The predicted octanol–water partition coefficient (Wildman–Crippen LogP) is 2.37. The summed E-state index contributed by atoms with van der Waals surface area (Å²) in [6.07, 6.45) is 2.28. The van der Waals surface area contributed by atoms with Crippen LogP contribution in [0.2, 0.25) is 0 Å². The summed E-state index contributed by atoms with van der Waals surface area (Å²) >= 11 is 0. The zero-order valence-corrected chi connectivity index (χ0v) is 10.5. The maximum Gasteiger partial charge on any atom is 0.0991 e. The normalized spacial score (nSPS) is 34.9. The van der Waals surface area contributed by atoms with E-state index in [4.69, 9.17) is 5.26 Å². The summed E-state index contributed by atoms with van der Waals surface area (Å²) in [4.78, 5) is 0. The molecule has 1 aromatic carbocycles. The molecule has 2 aliphatic rings. The minimum absolute atomic E-state index is 0.246. The van der Waals surface area contributed by atoms with E-state index < -0.39 is 0 Å². The first kappa shape index (κ1) is 10.8. The van der Waals surface area contributed by atoms with Crippen molar-refractivity contribution < 1.29 is 0 Å². The molecule has 2 nitrogen and oxygen atoms in total. The summed E-state index contributed by atoms with van der Waals surface area (Å²) in [6.45, 7) is 5.81. The van der Waals surface area contributed by atoms with Gasteiger partial charge in [0.1, 0.15) is 0 Å². The Morgan fingerprint density at radius 2 is 2.29 bits per heavy atom. The van der Waals surface area contributed by atoms with Crippen LogP contribution in [0.1, 0.15) is 37.0 Å². The third-order valence-corrected chi connectivity index (χ3v) is 4.95. The number of nitrogens with zero attached hydrogens (tertiary/aromatic N) is 1. The highest BCUT2D eigenvalue weighted by atomic mass is 14.9. The first-order valence-electron chi connectivity index (χ1n) is 6.42. The first-order valence-corrected chi connectivity index (χ1v) is 6.42. The fourth-order valence-corrected chi connectivity index (χ4v) is 3.59. The van der Waals surface area contributed by atoms with Gasteiger partial charge in [0, 0.05) is 6.04 Å². The zero-order valence-electron chi connectivity index (χ0n) is 10.5. The molecule has 1 N–H and O–H groups in total. The number of benzene rings is 1. The quantitative estimate of drug-likeness (QED) is 0.737. The molecule has 0 saturated carbocycles. The van der Waals surface area contributed by atoms with Crippen molar-refractivity contribution in [2.24, 2.45) is 5.92 Å². The molecular formula is C15H18N2. The molecule has 0 amide bonds. The van der Waals surface area contributed by atoms with E-state index in [0.717, 1.165) is 18.5 Å². The summed E-state index contributed by atoms with van der Waals surface area (Å²) in [7, 11) is 0. The number of nitrogens with one attached hydrogen (secondary N) is 1. The number of fused-ring (bicyclic) bond motifs is 4. The van der Waals surface area contributed by atoms with Gasteiger partial charge in [-0.25, -0.2) is 0 Å². The summed E-state index contributed by atoms with van der Waals surface area (Å²) < 4.78 is 0. The van der Waals surface area contributed by atoms with E-state index in [2.05, 4.69) is 37.4 Å². The van der Waals surface area contributed by atoms with Gasteiger partial charge in [0.15, 0.2) is 0 Å². The van der Waals surface area contributed by atoms with Crippen LogP contribution in [0, 0.1) is 17.2 Å². The molecule has 17 heavy (non-hydrogen) atoms. The Bertz CT molecular complexity index is 500. The van der Waals surface area contributed by atoms with Gasteiger partial charge < -0.3 is 5.32 Å². The van der Waals surface area contributed by atoms with Gasteiger partial charge in [-0.3, -0.25) is 0 Å². The molecule has 1 aliphatic heterocycles. The Balaban J connectivity index is 2.18. The van der Waals surface area contributed by atoms with Crippen LogP contribution in [-0.4, -0.2) is 12.6 Å². The molecule has 1 heterocycles. The van der Waals surface area contributed by atoms with Gasteiger partial charge in [0.25, 0.3) is 0 Å². The maximum atomic E-state index is 9.05. The zero-order chi connectivity index (χ0) is 12.0. The molecule has 0 aromatic heterocycles. The van der Waals surface area contributed by atoms with Crippen LogP contribution in [0.15, 0.2) is 18.2 Å². The molecule has 1 fully saturated rings. The highest BCUT2D eigenvalue weighted by molar-refractivity contribution is 5.45. The lowest BCUT2D eigenvalue weighted by Crippen LogP contribution is -2.56. The summed E-state index contributed by atoms with van der Waals surface area (Å²) in [5.74, 6) is 0.651. The maximum absolute atomic E-state index is 9.05. The van der Waals surface area contributed by atoms with Crippen LogP contribution >= 0.6 is 0 Å². The van der Waals surface area contributed by atoms with E-state index in [1.807, 2.05) is 6.07 Å². The minimum Gasteiger partial charge on any atom is -0.313 e. The highest BCUT2D eigenvalue weighted by Gasteiger charge is 2.45. The third kappa shape index (κ3) is 1.42. The number of hydrogen-bond donors (Lipinski definition) is 1. The van der Waals surface area contributed by atoms with Gasteiger partial charge in [-0.05, 0) is 54.0 Å². The number of hydrogen-bond acceptors (Lipinski definition) is 2. The minimum atomic E-state index is 0.246. The average molecular weight is 226 g/mol. The molecule has 88 valence electrons. The van der Waals surface area contributed by atoms with E-state index in [0.29, 0.717) is 12.0 Å². The average Bonchev–Trinajstić information content (AvgIpc) is 2.33. The van der Waals surface area contributed by atoms with E-state index in [1.54, 1.807) is 0 Å². The molecular weight excluding hydrogens is 208 g/mol. The molecule has 3 unspecified atom stereocenters. The Morgan fingerprint density at radius 1 is 1.47 bits per heavy atom. The number of nitriles is 1. The molecule has 1 aromatic rings. The monoisotopic (exact) mass is 226 g/mol. The smallest absolute Gasteiger partial charge is 0.0991 e. The van der Waals surface area contributed by atoms with E-state index in [-0.39, 0.29) is 5.41 Å². The van der Waals surface area contributed by atoms with Crippen LogP contribution in [0.5, 0.6) is 0 Å². The molecule has 2 bridgehead atoms. The Labute approximate surface area is 103 Å².